The number of nitrogens with one attached hydrogen (secondary N) is 3. The van der Waals surface area contributed by atoms with E-state index < -0.39 is 35.2 Å². The van der Waals surface area contributed by atoms with Crippen LogP contribution in [0.3, 0.4) is 0 Å². The molecule has 38 heavy (non-hydrogen) atoms. The third-order valence-corrected chi connectivity index (χ3v) is 7.98. The van der Waals surface area contributed by atoms with E-state index in [0.717, 1.165) is 16.6 Å². The molecule has 0 fully saturated rings. The Morgan fingerprint density at radius 2 is 1.95 bits per heavy atom. The predicted molar refractivity (Wildman–Crippen MR) is 145 cm³/mol. The van der Waals surface area contributed by atoms with Crippen LogP contribution >= 0.6 is 23.2 Å². The highest BCUT2D eigenvalue weighted by molar-refractivity contribution is 6.38. The van der Waals surface area contributed by atoms with Crippen LogP contribution in [-0.4, -0.2) is 39.5 Å². The Hall–Kier alpha value is -3.10. The third kappa shape index (κ3) is 5.66. The van der Waals surface area contributed by atoms with Crippen molar-refractivity contribution in [3.05, 3.63) is 69.1 Å². The lowest BCUT2D eigenvalue weighted by atomic mass is 9.79. The standard InChI is InChI=1S/C28H30Cl2FN3O4/c1-3-15(2)24(33-23(35)9-8-16-6-4-5-7-21(16)31)26(36)34-28(27(37)38)11-10-22-19(14-28)18-12-17(29)13-20(30)25(18)32-22/h4-7,12-13,15,24,32H,3,8-11,14H2,1-2H3,(H,33,35)(H,34,36)(H,37,38)/t15?,24-,28+/m0/s1. The van der Waals surface area contributed by atoms with Crippen molar-refractivity contribution < 1.29 is 23.9 Å². The summed E-state index contributed by atoms with van der Waals surface area (Å²) in [5, 5.41) is 17.4. The molecule has 1 heterocycles. The van der Waals surface area contributed by atoms with Crippen LogP contribution in [0.4, 0.5) is 4.39 Å². The molecular formula is C28H30Cl2FN3O4. The fourth-order valence-corrected chi connectivity index (χ4v) is 5.57. The normalized spacial score (nSPS) is 18.4. The molecule has 202 valence electrons. The highest BCUT2D eigenvalue weighted by Gasteiger charge is 2.45. The molecule has 2 aromatic carbocycles. The minimum atomic E-state index is -1.57. The highest BCUT2D eigenvalue weighted by Crippen LogP contribution is 2.38. The molecule has 0 radical (unpaired) electrons. The van der Waals surface area contributed by atoms with Crippen LogP contribution in [0.1, 0.15) is 49.9 Å². The van der Waals surface area contributed by atoms with Gasteiger partial charge in [0.05, 0.1) is 10.5 Å². The monoisotopic (exact) mass is 561 g/mol. The van der Waals surface area contributed by atoms with Gasteiger partial charge in [0.2, 0.25) is 11.8 Å². The van der Waals surface area contributed by atoms with Crippen LogP contribution < -0.4 is 10.6 Å². The van der Waals surface area contributed by atoms with Gasteiger partial charge in [-0.25, -0.2) is 9.18 Å². The molecule has 1 unspecified atom stereocenters. The first-order valence-electron chi connectivity index (χ1n) is 12.6. The van der Waals surface area contributed by atoms with Gasteiger partial charge in [0.15, 0.2) is 0 Å². The molecule has 0 spiro atoms. The number of carbonyl (C=O) groups is 3. The summed E-state index contributed by atoms with van der Waals surface area (Å²) < 4.78 is 13.9. The maximum atomic E-state index is 13.9. The van der Waals surface area contributed by atoms with Crippen molar-refractivity contribution in [2.75, 3.05) is 0 Å². The molecular weight excluding hydrogens is 532 g/mol. The summed E-state index contributed by atoms with van der Waals surface area (Å²) in [6.45, 7) is 3.70. The fraction of sp³-hybridized carbons (Fsp3) is 0.393. The Labute approximate surface area is 230 Å². The lowest BCUT2D eigenvalue weighted by molar-refractivity contribution is -0.149. The number of aliphatic carboxylic acids is 1. The van der Waals surface area contributed by atoms with E-state index in [9.17, 15) is 23.9 Å². The largest absolute Gasteiger partial charge is 0.479 e. The fourth-order valence-electron chi connectivity index (χ4n) is 5.02. The SMILES string of the molecule is CCC(C)[C@H](NC(=O)CCc1ccccc1F)C(=O)N[C@]1(C(=O)O)CCc2[nH]c3c(Cl)cc(Cl)cc3c2C1. The number of hydrogen-bond donors (Lipinski definition) is 4. The summed E-state index contributed by atoms with van der Waals surface area (Å²) in [7, 11) is 0. The first kappa shape index (κ1) is 27.9. The summed E-state index contributed by atoms with van der Waals surface area (Å²) in [6.07, 6.45) is 1.33. The van der Waals surface area contributed by atoms with Crippen LogP contribution in [0.15, 0.2) is 36.4 Å². The van der Waals surface area contributed by atoms with Gasteiger partial charge in [0.1, 0.15) is 17.4 Å². The quantitative estimate of drug-likeness (QED) is 0.287. The molecule has 3 atom stereocenters. The first-order valence-corrected chi connectivity index (χ1v) is 13.4. The number of aromatic amines is 1. The summed E-state index contributed by atoms with van der Waals surface area (Å²) >= 11 is 12.6. The number of carbonyl (C=O) groups excluding carboxylic acids is 2. The minimum Gasteiger partial charge on any atom is -0.479 e. The zero-order valence-electron chi connectivity index (χ0n) is 21.2. The number of hydrogen-bond acceptors (Lipinski definition) is 3. The van der Waals surface area contributed by atoms with Crippen LogP contribution in [0.2, 0.25) is 10.0 Å². The molecule has 2 amide bonds. The van der Waals surface area contributed by atoms with Gasteiger partial charge in [0.25, 0.3) is 0 Å². The van der Waals surface area contributed by atoms with Crippen LogP contribution in [0.5, 0.6) is 0 Å². The van der Waals surface area contributed by atoms with Crippen molar-refractivity contribution >= 4 is 51.9 Å². The third-order valence-electron chi connectivity index (χ3n) is 7.46. The van der Waals surface area contributed by atoms with Crippen molar-refractivity contribution in [2.45, 2.75) is 64.0 Å². The Bertz CT molecular complexity index is 1390. The van der Waals surface area contributed by atoms with Crippen molar-refractivity contribution in [2.24, 2.45) is 5.92 Å². The Kier molecular flexibility index (Phi) is 8.33. The predicted octanol–water partition coefficient (Wildman–Crippen LogP) is 5.21. The van der Waals surface area contributed by atoms with Crippen LogP contribution in [-0.2, 0) is 33.6 Å². The van der Waals surface area contributed by atoms with Gasteiger partial charge < -0.3 is 20.7 Å². The molecule has 1 aliphatic carbocycles. The molecule has 0 saturated carbocycles. The number of carboxylic acids is 1. The summed E-state index contributed by atoms with van der Waals surface area (Å²) in [6, 6.07) is 8.62. The number of aromatic nitrogens is 1. The lowest BCUT2D eigenvalue weighted by Crippen LogP contribution is -2.62. The van der Waals surface area contributed by atoms with Crippen molar-refractivity contribution in [1.29, 1.82) is 0 Å². The molecule has 4 N–H and O–H groups in total. The number of halogens is 3. The molecule has 1 aliphatic rings. The molecule has 0 aliphatic heterocycles. The van der Waals surface area contributed by atoms with E-state index in [0.29, 0.717) is 34.0 Å². The summed E-state index contributed by atoms with van der Waals surface area (Å²) in [5.74, 6) is -2.79. The molecule has 4 rings (SSSR count). The second kappa shape index (κ2) is 11.3. The number of carboxylic acid groups (broad SMARTS) is 1. The molecule has 0 saturated heterocycles. The van der Waals surface area contributed by atoms with Gasteiger partial charge in [-0.05, 0) is 54.5 Å². The zero-order valence-corrected chi connectivity index (χ0v) is 22.7. The maximum Gasteiger partial charge on any atom is 0.329 e. The zero-order chi connectivity index (χ0) is 27.6. The average molecular weight is 562 g/mol. The summed E-state index contributed by atoms with van der Waals surface area (Å²) in [5.41, 5.74) is 1.11. The average Bonchev–Trinajstić information content (AvgIpc) is 3.24. The van der Waals surface area contributed by atoms with E-state index in [-0.39, 0.29) is 31.6 Å². The Balaban J connectivity index is 1.54. The Morgan fingerprint density at radius 1 is 1.21 bits per heavy atom. The first-order chi connectivity index (χ1) is 18.0. The van der Waals surface area contributed by atoms with E-state index in [1.54, 1.807) is 30.3 Å². The molecule has 0 bridgehead atoms. The smallest absolute Gasteiger partial charge is 0.329 e. The second-order valence-electron chi connectivity index (χ2n) is 9.97. The maximum absolute atomic E-state index is 13.9. The summed E-state index contributed by atoms with van der Waals surface area (Å²) in [4.78, 5) is 42.1. The number of amides is 2. The van der Waals surface area contributed by atoms with Gasteiger partial charge in [-0.2, -0.15) is 0 Å². The van der Waals surface area contributed by atoms with Gasteiger partial charge in [0, 0.05) is 28.9 Å². The number of fused-ring (bicyclic) bond motifs is 3. The molecule has 3 aromatic rings. The molecule has 1 aromatic heterocycles. The lowest BCUT2D eigenvalue weighted by Gasteiger charge is -2.36. The minimum absolute atomic E-state index is 0.00849. The van der Waals surface area contributed by atoms with Gasteiger partial charge in [-0.15, -0.1) is 0 Å². The second-order valence-corrected chi connectivity index (χ2v) is 10.8. The van der Waals surface area contributed by atoms with Gasteiger partial charge in [-0.3, -0.25) is 9.59 Å². The van der Waals surface area contributed by atoms with E-state index in [1.807, 2.05) is 13.8 Å². The van der Waals surface area contributed by atoms with Crippen LogP contribution in [0.25, 0.3) is 10.9 Å². The van der Waals surface area contributed by atoms with E-state index in [1.165, 1.54) is 6.07 Å². The number of rotatable bonds is 9. The topological polar surface area (TPSA) is 111 Å². The van der Waals surface area contributed by atoms with E-state index in [4.69, 9.17) is 23.2 Å². The van der Waals surface area contributed by atoms with Crippen molar-refractivity contribution in [3.63, 3.8) is 0 Å². The molecule has 7 nitrogen and oxygen atoms in total. The number of H-pyrrole nitrogens is 1. The van der Waals surface area contributed by atoms with E-state index in [2.05, 4.69) is 15.6 Å². The number of aryl methyl sites for hydroxylation is 2. The highest BCUT2D eigenvalue weighted by atomic mass is 35.5. The molecule has 10 heteroatoms. The van der Waals surface area contributed by atoms with Gasteiger partial charge >= 0.3 is 5.97 Å². The Morgan fingerprint density at radius 3 is 2.63 bits per heavy atom. The van der Waals surface area contributed by atoms with Gasteiger partial charge in [-0.1, -0.05) is 61.7 Å². The van der Waals surface area contributed by atoms with E-state index >= 15 is 0 Å². The van der Waals surface area contributed by atoms with Crippen molar-refractivity contribution in [1.82, 2.24) is 15.6 Å². The number of benzene rings is 2. The van der Waals surface area contributed by atoms with Crippen molar-refractivity contribution in [3.8, 4) is 0 Å². The van der Waals surface area contributed by atoms with Crippen LogP contribution in [0, 0.1) is 11.7 Å².